The van der Waals surface area contributed by atoms with Crippen LogP contribution in [0.15, 0.2) is 18.2 Å². The van der Waals surface area contributed by atoms with E-state index in [9.17, 15) is 4.79 Å². The molecule has 2 rings (SSSR count). The Kier molecular flexibility index (Phi) is 3.46. The van der Waals surface area contributed by atoms with Crippen molar-refractivity contribution in [1.82, 2.24) is 0 Å². The number of hydrogen-bond acceptors (Lipinski definition) is 5. The molecule has 5 N–H and O–H groups in total. The lowest BCUT2D eigenvalue weighted by atomic mass is 10.2. The van der Waals surface area contributed by atoms with E-state index in [2.05, 4.69) is 10.6 Å². The molecule has 1 atom stereocenters. The van der Waals surface area contributed by atoms with Gasteiger partial charge < -0.3 is 26.2 Å². The fourth-order valence-corrected chi connectivity index (χ4v) is 1.51. The second-order valence-electron chi connectivity index (χ2n) is 3.87. The molecule has 1 aromatic rings. The number of fused-ring (bicyclic) bond motifs is 1. The predicted molar refractivity (Wildman–Crippen MR) is 64.1 cm³/mol. The molecule has 0 saturated heterocycles. The van der Waals surface area contributed by atoms with Crippen LogP contribution in [0.1, 0.15) is 0 Å². The highest BCUT2D eigenvalue weighted by Gasteiger charge is 2.15. The zero-order valence-electron chi connectivity index (χ0n) is 9.27. The molecule has 0 bridgehead atoms. The maximum absolute atomic E-state index is 11.1. The predicted octanol–water partition coefficient (Wildman–Crippen LogP) is -0.251. The van der Waals surface area contributed by atoms with Gasteiger partial charge in [0.1, 0.15) is 5.75 Å². The third kappa shape index (κ3) is 2.86. The van der Waals surface area contributed by atoms with Crippen LogP contribution in [0.3, 0.4) is 0 Å². The SMILES string of the molecule is NC(CO)CNc1ccc2c(c1)NC(=O)CO2. The summed E-state index contributed by atoms with van der Waals surface area (Å²) < 4.78 is 5.23. The Morgan fingerprint density at radius 3 is 3.18 bits per heavy atom. The molecule has 17 heavy (non-hydrogen) atoms. The van der Waals surface area contributed by atoms with Gasteiger partial charge in [0.2, 0.25) is 0 Å². The lowest BCUT2D eigenvalue weighted by molar-refractivity contribution is -0.118. The monoisotopic (exact) mass is 237 g/mol. The summed E-state index contributed by atoms with van der Waals surface area (Å²) in [6.45, 7) is 0.442. The molecule has 1 heterocycles. The number of nitrogens with one attached hydrogen (secondary N) is 2. The Morgan fingerprint density at radius 2 is 2.41 bits per heavy atom. The number of aliphatic hydroxyl groups excluding tert-OH is 1. The minimum absolute atomic E-state index is 0.0508. The zero-order valence-corrected chi connectivity index (χ0v) is 9.27. The summed E-state index contributed by atoms with van der Waals surface area (Å²) in [5.74, 6) is 0.489. The minimum atomic E-state index is -0.308. The quantitative estimate of drug-likeness (QED) is 0.579. The first-order valence-corrected chi connectivity index (χ1v) is 5.36. The van der Waals surface area contributed by atoms with Crippen LogP contribution in [0, 0.1) is 0 Å². The highest BCUT2D eigenvalue weighted by Crippen LogP contribution is 2.30. The van der Waals surface area contributed by atoms with Gasteiger partial charge in [0.25, 0.3) is 5.91 Å². The van der Waals surface area contributed by atoms with Gasteiger partial charge in [-0.25, -0.2) is 0 Å². The molecule has 0 aliphatic carbocycles. The van der Waals surface area contributed by atoms with Crippen LogP contribution in [-0.4, -0.2) is 36.8 Å². The van der Waals surface area contributed by atoms with Gasteiger partial charge in [-0.3, -0.25) is 4.79 Å². The summed E-state index contributed by atoms with van der Waals surface area (Å²) >= 11 is 0. The molecule has 6 heteroatoms. The minimum Gasteiger partial charge on any atom is -0.482 e. The number of anilines is 2. The Balaban J connectivity index is 2.05. The maximum Gasteiger partial charge on any atom is 0.262 e. The van der Waals surface area contributed by atoms with Crippen molar-refractivity contribution in [2.75, 3.05) is 30.4 Å². The number of aliphatic hydroxyl groups is 1. The molecule has 1 aliphatic heterocycles. The van der Waals surface area contributed by atoms with Gasteiger partial charge in [-0.05, 0) is 18.2 Å². The van der Waals surface area contributed by atoms with Crippen molar-refractivity contribution in [2.24, 2.45) is 5.73 Å². The molecule has 0 aromatic heterocycles. The van der Waals surface area contributed by atoms with Crippen molar-refractivity contribution in [3.8, 4) is 5.75 Å². The van der Waals surface area contributed by atoms with E-state index in [1.165, 1.54) is 0 Å². The van der Waals surface area contributed by atoms with Crippen molar-refractivity contribution < 1.29 is 14.6 Å². The van der Waals surface area contributed by atoms with E-state index in [1.807, 2.05) is 6.07 Å². The Morgan fingerprint density at radius 1 is 1.59 bits per heavy atom. The van der Waals surface area contributed by atoms with Gasteiger partial charge in [-0.15, -0.1) is 0 Å². The van der Waals surface area contributed by atoms with Crippen LogP contribution in [0.4, 0.5) is 11.4 Å². The largest absolute Gasteiger partial charge is 0.482 e. The number of amides is 1. The van der Waals surface area contributed by atoms with Gasteiger partial charge in [0.15, 0.2) is 6.61 Å². The van der Waals surface area contributed by atoms with E-state index in [1.54, 1.807) is 12.1 Å². The van der Waals surface area contributed by atoms with E-state index in [-0.39, 0.29) is 25.2 Å². The lowest BCUT2D eigenvalue weighted by Crippen LogP contribution is -2.32. The fraction of sp³-hybridized carbons (Fsp3) is 0.364. The number of nitrogens with two attached hydrogens (primary N) is 1. The van der Waals surface area contributed by atoms with Crippen molar-refractivity contribution in [1.29, 1.82) is 0 Å². The van der Waals surface area contributed by atoms with Gasteiger partial charge in [-0.1, -0.05) is 0 Å². The molecular formula is C11H15N3O3. The van der Waals surface area contributed by atoms with Gasteiger partial charge in [0.05, 0.1) is 12.3 Å². The molecule has 1 unspecified atom stereocenters. The van der Waals surface area contributed by atoms with Crippen LogP contribution >= 0.6 is 0 Å². The van der Waals surface area contributed by atoms with Crippen LogP contribution < -0.4 is 21.1 Å². The molecule has 6 nitrogen and oxygen atoms in total. The van der Waals surface area contributed by atoms with Gasteiger partial charge >= 0.3 is 0 Å². The van der Waals surface area contributed by atoms with Crippen LogP contribution in [0.2, 0.25) is 0 Å². The molecule has 1 aliphatic rings. The normalized spacial score (nSPS) is 15.5. The van der Waals surface area contributed by atoms with Crippen molar-refractivity contribution in [3.63, 3.8) is 0 Å². The van der Waals surface area contributed by atoms with E-state index in [4.69, 9.17) is 15.6 Å². The molecule has 0 spiro atoms. The highest BCUT2D eigenvalue weighted by atomic mass is 16.5. The molecule has 0 radical (unpaired) electrons. The van der Waals surface area contributed by atoms with E-state index >= 15 is 0 Å². The Bertz CT molecular complexity index is 422. The van der Waals surface area contributed by atoms with E-state index in [0.29, 0.717) is 18.0 Å². The Hall–Kier alpha value is -1.79. The summed E-state index contributed by atoms with van der Waals surface area (Å²) in [7, 11) is 0. The first kappa shape index (κ1) is 11.7. The van der Waals surface area contributed by atoms with Crippen LogP contribution in [0.5, 0.6) is 5.75 Å². The first-order chi connectivity index (χ1) is 8.19. The molecule has 0 fully saturated rings. The molecular weight excluding hydrogens is 222 g/mol. The lowest BCUT2D eigenvalue weighted by Gasteiger charge is -2.19. The summed E-state index contributed by atoms with van der Waals surface area (Å²) in [4.78, 5) is 11.1. The smallest absolute Gasteiger partial charge is 0.262 e. The number of carbonyl (C=O) groups excluding carboxylic acids is 1. The number of benzene rings is 1. The topological polar surface area (TPSA) is 96.6 Å². The average molecular weight is 237 g/mol. The first-order valence-electron chi connectivity index (χ1n) is 5.36. The number of hydrogen-bond donors (Lipinski definition) is 4. The van der Waals surface area contributed by atoms with Crippen molar-refractivity contribution in [2.45, 2.75) is 6.04 Å². The average Bonchev–Trinajstić information content (AvgIpc) is 2.35. The van der Waals surface area contributed by atoms with Crippen molar-refractivity contribution >= 4 is 17.3 Å². The number of ether oxygens (including phenoxy) is 1. The standard InChI is InChI=1S/C11H15N3O3/c12-7(5-15)4-13-8-1-2-10-9(3-8)14-11(16)6-17-10/h1-3,7,13,15H,4-6,12H2,(H,14,16). The number of carbonyl (C=O) groups is 1. The van der Waals surface area contributed by atoms with Gasteiger partial charge in [0, 0.05) is 18.3 Å². The van der Waals surface area contributed by atoms with E-state index in [0.717, 1.165) is 5.69 Å². The van der Waals surface area contributed by atoms with Crippen molar-refractivity contribution in [3.05, 3.63) is 18.2 Å². The molecule has 0 saturated carbocycles. The van der Waals surface area contributed by atoms with Gasteiger partial charge in [-0.2, -0.15) is 0 Å². The second-order valence-corrected chi connectivity index (χ2v) is 3.87. The fourth-order valence-electron chi connectivity index (χ4n) is 1.51. The summed E-state index contributed by atoms with van der Waals surface area (Å²) in [6, 6.07) is 5.08. The highest BCUT2D eigenvalue weighted by molar-refractivity contribution is 5.95. The summed E-state index contributed by atoms with van der Waals surface area (Å²) in [5, 5.41) is 14.6. The third-order valence-electron chi connectivity index (χ3n) is 2.42. The molecule has 92 valence electrons. The maximum atomic E-state index is 11.1. The summed E-state index contributed by atoms with van der Waals surface area (Å²) in [6.07, 6.45) is 0. The van der Waals surface area contributed by atoms with Crippen LogP contribution in [-0.2, 0) is 4.79 Å². The molecule has 1 aromatic carbocycles. The number of rotatable bonds is 4. The summed E-state index contributed by atoms with van der Waals surface area (Å²) in [5.41, 5.74) is 7.03. The molecule has 1 amide bonds. The third-order valence-corrected chi connectivity index (χ3v) is 2.42. The zero-order chi connectivity index (χ0) is 12.3. The van der Waals surface area contributed by atoms with E-state index < -0.39 is 0 Å². The van der Waals surface area contributed by atoms with Crippen LogP contribution in [0.25, 0.3) is 0 Å². The Labute approximate surface area is 98.8 Å². The second kappa shape index (κ2) is 5.03.